The van der Waals surface area contributed by atoms with Crippen molar-refractivity contribution in [2.75, 3.05) is 48.5 Å². The summed E-state index contributed by atoms with van der Waals surface area (Å²) in [6, 6.07) is 11.3. The van der Waals surface area contributed by atoms with Crippen LogP contribution < -0.4 is 14.8 Å². The molecule has 3 aromatic rings. The standard InChI is InChI=1S/C33H45N5O6/c1-20(2)23-18-22(32(40)37(7)17-11-16-36(5)6)14-15-25(23)38-26(29-27(43-8)12-10-13-28(29)44-9)19-24(35-38)31(39)34-30(21(3)4)33(41)42/h10,12-15,18-21,30H,11,16-17H2,1-9H3,(H,34,39)(H,41,42)/t30-/m0/s1. The highest BCUT2D eigenvalue weighted by Crippen LogP contribution is 2.40. The minimum absolute atomic E-state index is 0.0111. The van der Waals surface area contributed by atoms with E-state index >= 15 is 0 Å². The molecule has 0 bridgehead atoms. The maximum Gasteiger partial charge on any atom is 0.326 e. The SMILES string of the molecule is COc1cccc(OC)c1-c1cc(C(=O)N[C@H](C(=O)O)C(C)C)nn1-c1ccc(C(=O)N(C)CCCN(C)C)cc1C(C)C. The number of methoxy groups -OCH3 is 2. The van der Waals surface area contributed by atoms with E-state index in [1.807, 2.05) is 40.1 Å². The summed E-state index contributed by atoms with van der Waals surface area (Å²) in [7, 11) is 8.89. The van der Waals surface area contributed by atoms with Crippen LogP contribution in [0.2, 0.25) is 0 Å². The van der Waals surface area contributed by atoms with Crippen LogP contribution >= 0.6 is 0 Å². The van der Waals surface area contributed by atoms with Gasteiger partial charge in [-0.25, -0.2) is 9.48 Å². The van der Waals surface area contributed by atoms with Crippen molar-refractivity contribution >= 4 is 17.8 Å². The summed E-state index contributed by atoms with van der Waals surface area (Å²) in [5.74, 6) is -1.20. The molecule has 0 spiro atoms. The molecule has 3 rings (SSSR count). The average Bonchev–Trinajstić information content (AvgIpc) is 3.42. The van der Waals surface area contributed by atoms with Crippen LogP contribution in [-0.4, -0.2) is 97.0 Å². The van der Waals surface area contributed by atoms with Crippen LogP contribution in [0.25, 0.3) is 16.9 Å². The fourth-order valence-electron chi connectivity index (χ4n) is 4.98. The van der Waals surface area contributed by atoms with Crippen LogP contribution in [-0.2, 0) is 4.79 Å². The van der Waals surface area contributed by atoms with Crippen molar-refractivity contribution in [1.29, 1.82) is 0 Å². The van der Waals surface area contributed by atoms with Crippen LogP contribution in [0.1, 0.15) is 66.4 Å². The molecular formula is C33H45N5O6. The largest absolute Gasteiger partial charge is 0.496 e. The predicted molar refractivity (Wildman–Crippen MR) is 170 cm³/mol. The Bertz CT molecular complexity index is 1460. The van der Waals surface area contributed by atoms with Gasteiger partial charge in [-0.15, -0.1) is 0 Å². The third kappa shape index (κ3) is 7.76. The lowest BCUT2D eigenvalue weighted by Gasteiger charge is -2.21. The molecule has 0 unspecified atom stereocenters. The number of rotatable bonds is 14. The van der Waals surface area contributed by atoms with E-state index in [9.17, 15) is 19.5 Å². The van der Waals surface area contributed by atoms with Crippen LogP contribution in [0.4, 0.5) is 0 Å². The summed E-state index contributed by atoms with van der Waals surface area (Å²) >= 11 is 0. The number of carboxylic acids is 1. The number of nitrogens with one attached hydrogen (secondary N) is 1. The van der Waals surface area contributed by atoms with Crippen molar-refractivity contribution in [3.05, 3.63) is 59.3 Å². The number of carbonyl (C=O) groups excluding carboxylic acids is 2. The second-order valence-corrected chi connectivity index (χ2v) is 11.7. The topological polar surface area (TPSA) is 126 Å². The number of hydrogen-bond acceptors (Lipinski definition) is 7. The van der Waals surface area contributed by atoms with E-state index in [1.54, 1.807) is 75.0 Å². The molecule has 2 amide bonds. The van der Waals surface area contributed by atoms with Gasteiger partial charge in [-0.1, -0.05) is 33.8 Å². The van der Waals surface area contributed by atoms with Gasteiger partial charge < -0.3 is 29.7 Å². The Morgan fingerprint density at radius 2 is 1.59 bits per heavy atom. The summed E-state index contributed by atoms with van der Waals surface area (Å²) in [4.78, 5) is 42.4. The van der Waals surface area contributed by atoms with Gasteiger partial charge in [0.2, 0.25) is 0 Å². The highest BCUT2D eigenvalue weighted by Gasteiger charge is 2.28. The molecule has 0 saturated carbocycles. The number of amides is 2. The molecule has 1 heterocycles. The average molecular weight is 608 g/mol. The number of nitrogens with zero attached hydrogens (tertiary/aromatic N) is 4. The number of ether oxygens (including phenoxy) is 2. The highest BCUT2D eigenvalue weighted by atomic mass is 16.5. The van der Waals surface area contributed by atoms with Crippen molar-refractivity contribution in [2.45, 2.75) is 46.1 Å². The molecule has 11 heteroatoms. The van der Waals surface area contributed by atoms with E-state index in [-0.39, 0.29) is 23.4 Å². The quantitative estimate of drug-likeness (QED) is 0.274. The second kappa shape index (κ2) is 14.9. The zero-order valence-corrected chi connectivity index (χ0v) is 27.2. The lowest BCUT2D eigenvalue weighted by molar-refractivity contribution is -0.140. The Kier molecular flexibility index (Phi) is 11.5. The fourth-order valence-corrected chi connectivity index (χ4v) is 4.98. The Balaban J connectivity index is 2.19. The van der Waals surface area contributed by atoms with Gasteiger partial charge in [0, 0.05) is 19.2 Å². The van der Waals surface area contributed by atoms with E-state index in [4.69, 9.17) is 9.47 Å². The summed E-state index contributed by atoms with van der Waals surface area (Å²) in [6.45, 7) is 8.99. The molecule has 2 N–H and O–H groups in total. The Morgan fingerprint density at radius 1 is 0.955 bits per heavy atom. The highest BCUT2D eigenvalue weighted by molar-refractivity contribution is 5.97. The summed E-state index contributed by atoms with van der Waals surface area (Å²) in [5, 5.41) is 17.0. The smallest absolute Gasteiger partial charge is 0.326 e. The summed E-state index contributed by atoms with van der Waals surface area (Å²) in [5.41, 5.74) is 3.14. The van der Waals surface area contributed by atoms with Gasteiger partial charge in [0.1, 0.15) is 17.5 Å². The van der Waals surface area contributed by atoms with Crippen molar-refractivity contribution in [1.82, 2.24) is 24.9 Å². The fraction of sp³-hybridized carbons (Fsp3) is 0.455. The number of hydrogen-bond donors (Lipinski definition) is 2. The zero-order valence-electron chi connectivity index (χ0n) is 27.2. The lowest BCUT2D eigenvalue weighted by atomic mass is 9.97. The number of benzene rings is 2. The van der Waals surface area contributed by atoms with Crippen molar-refractivity contribution in [3.63, 3.8) is 0 Å². The third-order valence-corrected chi connectivity index (χ3v) is 7.42. The van der Waals surface area contributed by atoms with Crippen LogP contribution in [0.15, 0.2) is 42.5 Å². The van der Waals surface area contributed by atoms with Crippen LogP contribution in [0.5, 0.6) is 11.5 Å². The first kappa shape index (κ1) is 34.1. The zero-order chi connectivity index (χ0) is 32.7. The number of aliphatic carboxylic acids is 1. The minimum Gasteiger partial charge on any atom is -0.496 e. The summed E-state index contributed by atoms with van der Waals surface area (Å²) in [6.07, 6.45) is 0.853. The van der Waals surface area contributed by atoms with E-state index in [2.05, 4.69) is 15.3 Å². The van der Waals surface area contributed by atoms with Crippen LogP contribution in [0.3, 0.4) is 0 Å². The molecule has 11 nitrogen and oxygen atoms in total. The molecule has 44 heavy (non-hydrogen) atoms. The second-order valence-electron chi connectivity index (χ2n) is 11.7. The third-order valence-electron chi connectivity index (χ3n) is 7.42. The molecule has 0 radical (unpaired) electrons. The van der Waals surface area contributed by atoms with Gasteiger partial charge in [-0.05, 0) is 80.9 Å². The molecule has 0 saturated heterocycles. The van der Waals surface area contributed by atoms with Crippen molar-refractivity contribution in [2.24, 2.45) is 5.92 Å². The first-order chi connectivity index (χ1) is 20.8. The maximum absolute atomic E-state index is 13.4. The predicted octanol–water partition coefficient (Wildman–Crippen LogP) is 4.54. The van der Waals surface area contributed by atoms with Gasteiger partial charge in [0.25, 0.3) is 11.8 Å². The normalized spacial score (nSPS) is 12.0. The van der Waals surface area contributed by atoms with E-state index < -0.39 is 17.9 Å². The molecular weight excluding hydrogens is 562 g/mol. The molecule has 1 aromatic heterocycles. The number of aromatic nitrogens is 2. The van der Waals surface area contributed by atoms with Gasteiger partial charge in [0.05, 0.1) is 31.2 Å². The van der Waals surface area contributed by atoms with E-state index in [0.717, 1.165) is 18.5 Å². The maximum atomic E-state index is 13.4. The van der Waals surface area contributed by atoms with Gasteiger partial charge >= 0.3 is 5.97 Å². The Labute approximate surface area is 259 Å². The first-order valence-electron chi connectivity index (χ1n) is 14.7. The number of carbonyl (C=O) groups is 3. The van der Waals surface area contributed by atoms with Gasteiger partial charge in [0.15, 0.2) is 5.69 Å². The molecule has 0 aliphatic carbocycles. The number of carboxylic acid groups (broad SMARTS) is 1. The van der Waals surface area contributed by atoms with Crippen LogP contribution in [0, 0.1) is 5.92 Å². The molecule has 1 atom stereocenters. The molecule has 0 aliphatic rings. The minimum atomic E-state index is -1.13. The molecule has 0 fully saturated rings. The van der Waals surface area contributed by atoms with Crippen molar-refractivity contribution < 1.29 is 29.0 Å². The van der Waals surface area contributed by atoms with E-state index in [1.165, 1.54) is 0 Å². The molecule has 0 aliphatic heterocycles. The Hall–Kier alpha value is -4.38. The Morgan fingerprint density at radius 3 is 2.11 bits per heavy atom. The lowest BCUT2D eigenvalue weighted by Crippen LogP contribution is -2.44. The first-order valence-corrected chi connectivity index (χ1v) is 14.7. The van der Waals surface area contributed by atoms with Gasteiger partial charge in [-0.3, -0.25) is 9.59 Å². The monoisotopic (exact) mass is 607 g/mol. The summed E-state index contributed by atoms with van der Waals surface area (Å²) < 4.78 is 13.0. The van der Waals surface area contributed by atoms with E-state index in [0.29, 0.717) is 40.6 Å². The molecule has 2 aromatic carbocycles. The van der Waals surface area contributed by atoms with Crippen molar-refractivity contribution in [3.8, 4) is 28.4 Å². The van der Waals surface area contributed by atoms with Gasteiger partial charge in [-0.2, -0.15) is 5.10 Å². The molecule has 238 valence electrons.